The second kappa shape index (κ2) is 9.10. The fourth-order valence-electron chi connectivity index (χ4n) is 5.14. The molecule has 0 radical (unpaired) electrons. The van der Waals surface area contributed by atoms with Gasteiger partial charge in [0.25, 0.3) is 0 Å². The summed E-state index contributed by atoms with van der Waals surface area (Å²) in [6, 6.07) is 15.6. The highest BCUT2D eigenvalue weighted by atomic mass is 16.1. The first-order chi connectivity index (χ1) is 16.0. The van der Waals surface area contributed by atoms with E-state index in [1.807, 2.05) is 6.92 Å². The molecule has 1 aliphatic heterocycles. The molecule has 0 spiro atoms. The number of carbonyl (C=O) groups is 1. The Hall–Kier alpha value is -2.99. The summed E-state index contributed by atoms with van der Waals surface area (Å²) >= 11 is 0. The normalized spacial score (nSPS) is 16.1. The van der Waals surface area contributed by atoms with Crippen molar-refractivity contribution in [1.29, 1.82) is 0 Å². The molecule has 1 aliphatic carbocycles. The number of hydrogen-bond donors (Lipinski definition) is 1. The van der Waals surface area contributed by atoms with Gasteiger partial charge in [0.05, 0.1) is 6.04 Å². The summed E-state index contributed by atoms with van der Waals surface area (Å²) in [7, 11) is 0. The van der Waals surface area contributed by atoms with Crippen molar-refractivity contribution in [2.24, 2.45) is 5.92 Å². The van der Waals surface area contributed by atoms with Crippen LogP contribution in [0.2, 0.25) is 0 Å². The first-order valence-electron chi connectivity index (χ1n) is 12.2. The van der Waals surface area contributed by atoms with Crippen molar-refractivity contribution < 1.29 is 4.79 Å². The van der Waals surface area contributed by atoms with E-state index in [0.717, 1.165) is 50.7 Å². The Bertz CT molecular complexity index is 1170. The van der Waals surface area contributed by atoms with Crippen LogP contribution in [0, 0.1) is 5.92 Å². The molecule has 5 rings (SSSR count). The Kier molecular flexibility index (Phi) is 6.02. The molecule has 1 unspecified atom stereocenters. The van der Waals surface area contributed by atoms with Crippen LogP contribution in [-0.2, 0) is 30.7 Å². The molecule has 1 N–H and O–H groups in total. The summed E-state index contributed by atoms with van der Waals surface area (Å²) < 4.78 is 2.24. The third kappa shape index (κ3) is 4.32. The quantitative estimate of drug-likeness (QED) is 0.487. The molecule has 0 fully saturated rings. The molecule has 0 saturated carbocycles. The first-order valence-corrected chi connectivity index (χ1v) is 12.2. The third-order valence-electron chi connectivity index (χ3n) is 6.99. The second-order valence-corrected chi connectivity index (χ2v) is 9.62. The van der Waals surface area contributed by atoms with Crippen molar-refractivity contribution in [3.05, 3.63) is 70.8 Å². The SMILES string of the molecule is CCC(=O)NC(c1nnc2n1CCN(Cc1ccc3c(c1)Cc1ccccc1-3)CC2)C(C)C. The van der Waals surface area contributed by atoms with Crippen molar-refractivity contribution in [3.63, 3.8) is 0 Å². The van der Waals surface area contributed by atoms with Gasteiger partial charge in [0.2, 0.25) is 5.91 Å². The molecule has 2 aliphatic rings. The van der Waals surface area contributed by atoms with Crippen molar-refractivity contribution in [2.75, 3.05) is 13.1 Å². The lowest BCUT2D eigenvalue weighted by Gasteiger charge is -2.23. The van der Waals surface area contributed by atoms with E-state index in [-0.39, 0.29) is 17.9 Å². The highest BCUT2D eigenvalue weighted by Crippen LogP contribution is 2.37. The highest BCUT2D eigenvalue weighted by Gasteiger charge is 2.27. The Morgan fingerprint density at radius 3 is 2.67 bits per heavy atom. The number of nitrogens with zero attached hydrogens (tertiary/aromatic N) is 4. The van der Waals surface area contributed by atoms with E-state index in [4.69, 9.17) is 0 Å². The van der Waals surface area contributed by atoms with Gasteiger partial charge in [-0.15, -0.1) is 10.2 Å². The zero-order valence-corrected chi connectivity index (χ0v) is 19.8. The van der Waals surface area contributed by atoms with Crippen LogP contribution < -0.4 is 5.32 Å². The number of aromatic nitrogens is 3. The van der Waals surface area contributed by atoms with E-state index in [0.29, 0.717) is 6.42 Å². The lowest BCUT2D eigenvalue weighted by atomic mass is 10.0. The largest absolute Gasteiger partial charge is 0.346 e. The van der Waals surface area contributed by atoms with E-state index in [9.17, 15) is 4.79 Å². The smallest absolute Gasteiger partial charge is 0.220 e. The van der Waals surface area contributed by atoms with Crippen LogP contribution in [0.1, 0.15) is 61.6 Å². The zero-order chi connectivity index (χ0) is 22.9. The lowest BCUT2D eigenvalue weighted by Crippen LogP contribution is -2.34. The van der Waals surface area contributed by atoms with Crippen LogP contribution in [-0.4, -0.2) is 38.7 Å². The first kappa shape index (κ1) is 21.8. The van der Waals surface area contributed by atoms with Gasteiger partial charge in [-0.05, 0) is 40.2 Å². The van der Waals surface area contributed by atoms with E-state index >= 15 is 0 Å². The maximum Gasteiger partial charge on any atom is 0.220 e. The maximum atomic E-state index is 12.1. The second-order valence-electron chi connectivity index (χ2n) is 9.62. The molecule has 6 heteroatoms. The van der Waals surface area contributed by atoms with Crippen molar-refractivity contribution >= 4 is 5.91 Å². The standard InChI is InChI=1S/C27H33N5O/c1-4-25(33)28-26(18(2)3)27-30-29-24-11-12-31(13-14-32(24)27)17-19-9-10-23-21(15-19)16-20-7-5-6-8-22(20)23/h5-10,15,18,26H,4,11-14,16-17H2,1-3H3,(H,28,33). The van der Waals surface area contributed by atoms with E-state index in [2.05, 4.69) is 81.3 Å². The van der Waals surface area contributed by atoms with Gasteiger partial charge in [0, 0.05) is 39.0 Å². The summed E-state index contributed by atoms with van der Waals surface area (Å²) in [5.74, 6) is 2.22. The van der Waals surface area contributed by atoms with Crippen LogP contribution in [0.3, 0.4) is 0 Å². The van der Waals surface area contributed by atoms with Gasteiger partial charge in [-0.3, -0.25) is 9.69 Å². The molecule has 33 heavy (non-hydrogen) atoms. The summed E-state index contributed by atoms with van der Waals surface area (Å²) in [5, 5.41) is 12.1. The van der Waals surface area contributed by atoms with Crippen molar-refractivity contribution in [1.82, 2.24) is 25.0 Å². The monoisotopic (exact) mass is 443 g/mol. The van der Waals surface area contributed by atoms with Crippen LogP contribution in [0.25, 0.3) is 11.1 Å². The summed E-state index contributed by atoms with van der Waals surface area (Å²) in [6.45, 7) is 9.82. The summed E-state index contributed by atoms with van der Waals surface area (Å²) in [6.07, 6.45) is 2.38. The Morgan fingerprint density at radius 1 is 1.03 bits per heavy atom. The van der Waals surface area contributed by atoms with E-state index in [1.54, 1.807) is 0 Å². The van der Waals surface area contributed by atoms with Crippen molar-refractivity contribution in [3.8, 4) is 11.1 Å². The number of amides is 1. The van der Waals surface area contributed by atoms with Crippen molar-refractivity contribution in [2.45, 2.75) is 59.2 Å². The van der Waals surface area contributed by atoms with Gasteiger partial charge in [0.1, 0.15) is 5.82 Å². The van der Waals surface area contributed by atoms with Crippen LogP contribution in [0.15, 0.2) is 42.5 Å². The third-order valence-corrected chi connectivity index (χ3v) is 6.99. The van der Waals surface area contributed by atoms with E-state index in [1.165, 1.54) is 27.8 Å². The molecule has 0 bridgehead atoms. The minimum atomic E-state index is -0.108. The molecule has 0 saturated heterocycles. The van der Waals surface area contributed by atoms with Gasteiger partial charge >= 0.3 is 0 Å². The molecule has 1 amide bonds. The van der Waals surface area contributed by atoms with Gasteiger partial charge in [-0.2, -0.15) is 0 Å². The average molecular weight is 444 g/mol. The fourth-order valence-corrected chi connectivity index (χ4v) is 5.14. The van der Waals surface area contributed by atoms with Crippen LogP contribution in [0.5, 0.6) is 0 Å². The average Bonchev–Trinajstić information content (AvgIpc) is 3.32. The Balaban J connectivity index is 1.29. The minimum absolute atomic E-state index is 0.0556. The number of hydrogen-bond acceptors (Lipinski definition) is 4. The zero-order valence-electron chi connectivity index (χ0n) is 19.8. The molecule has 3 aromatic rings. The predicted molar refractivity (Wildman–Crippen MR) is 130 cm³/mol. The number of carbonyl (C=O) groups excluding carboxylic acids is 1. The fraction of sp³-hybridized carbons (Fsp3) is 0.444. The topological polar surface area (TPSA) is 63.1 Å². The molecular formula is C27H33N5O. The molecule has 1 atom stereocenters. The predicted octanol–water partition coefficient (Wildman–Crippen LogP) is 4.13. The van der Waals surface area contributed by atoms with Crippen LogP contribution in [0.4, 0.5) is 0 Å². The van der Waals surface area contributed by atoms with Gasteiger partial charge < -0.3 is 9.88 Å². The molecule has 2 heterocycles. The minimum Gasteiger partial charge on any atom is -0.346 e. The maximum absolute atomic E-state index is 12.1. The molecule has 172 valence electrons. The van der Waals surface area contributed by atoms with Crippen LogP contribution >= 0.6 is 0 Å². The van der Waals surface area contributed by atoms with Gasteiger partial charge in [-0.1, -0.05) is 63.2 Å². The number of benzene rings is 2. The Morgan fingerprint density at radius 2 is 1.85 bits per heavy atom. The van der Waals surface area contributed by atoms with Gasteiger partial charge in [0.15, 0.2) is 5.82 Å². The summed E-state index contributed by atoms with van der Waals surface area (Å²) in [5.41, 5.74) is 7.01. The number of rotatable bonds is 6. The molecular weight excluding hydrogens is 410 g/mol. The molecule has 1 aromatic heterocycles. The molecule has 2 aromatic carbocycles. The number of nitrogens with one attached hydrogen (secondary N) is 1. The lowest BCUT2D eigenvalue weighted by molar-refractivity contribution is -0.121. The Labute approximate surface area is 196 Å². The highest BCUT2D eigenvalue weighted by molar-refractivity contribution is 5.77. The van der Waals surface area contributed by atoms with E-state index < -0.39 is 0 Å². The molecule has 6 nitrogen and oxygen atoms in total. The van der Waals surface area contributed by atoms with Gasteiger partial charge in [-0.25, -0.2) is 0 Å². The summed E-state index contributed by atoms with van der Waals surface area (Å²) in [4.78, 5) is 14.6. The number of fused-ring (bicyclic) bond motifs is 4.